The maximum atomic E-state index is 13.5. The largest absolute Gasteiger partial charge is 0.463 e. The van der Waals surface area contributed by atoms with Crippen molar-refractivity contribution in [3.05, 3.63) is 144 Å². The molecule has 3 fully saturated rings. The van der Waals surface area contributed by atoms with E-state index in [1.165, 1.54) is 0 Å². The van der Waals surface area contributed by atoms with Gasteiger partial charge in [-0.3, -0.25) is 9.59 Å². The van der Waals surface area contributed by atoms with Gasteiger partial charge in [0.15, 0.2) is 12.6 Å². The highest BCUT2D eigenvalue weighted by molar-refractivity contribution is 6.21. The molecule has 0 saturated carbocycles. The van der Waals surface area contributed by atoms with Gasteiger partial charge in [-0.25, -0.2) is 0 Å². The molecule has 0 aromatic heterocycles. The van der Waals surface area contributed by atoms with Gasteiger partial charge in [0.2, 0.25) is 5.79 Å². The first-order valence-electron chi connectivity index (χ1n) is 23.6. The molecule has 4 N–H and O–H groups in total. The fourth-order valence-electron chi connectivity index (χ4n) is 8.31. The fraction of sp³-hybridized carbons (Fsp3) is 0.500. The Morgan fingerprint density at radius 3 is 1.82 bits per heavy atom. The van der Waals surface area contributed by atoms with Crippen LogP contribution < -0.4 is 0 Å². The predicted molar refractivity (Wildman–Crippen MR) is 258 cm³/mol. The number of ether oxygens (including phenoxy) is 10. The summed E-state index contributed by atoms with van der Waals surface area (Å²) in [4.78, 5) is 26.3. The molecule has 19 heteroatoms. The predicted octanol–water partition coefficient (Wildman–Crippen LogP) is 5.87. The van der Waals surface area contributed by atoms with Gasteiger partial charge in [-0.05, 0) is 29.5 Å². The average Bonchev–Trinajstić information content (AvgIpc) is 3.65. The van der Waals surface area contributed by atoms with E-state index in [1.807, 2.05) is 121 Å². The first-order valence-corrected chi connectivity index (χ1v) is 25.1. The Balaban J connectivity index is 0.975. The molecule has 0 aliphatic carbocycles. The van der Waals surface area contributed by atoms with Crippen molar-refractivity contribution in [3.8, 4) is 0 Å². The van der Waals surface area contributed by atoms with Crippen LogP contribution in [0.1, 0.15) is 54.2 Å². The molecule has 3 heterocycles. The lowest BCUT2D eigenvalue weighted by molar-refractivity contribution is -0.357. The normalized spacial score (nSPS) is 29.5. The number of aliphatic hydroxyl groups excluding tert-OH is 4. The lowest BCUT2D eigenvalue weighted by atomic mass is 10.0. The molecule has 7 rings (SSSR count). The SMILES string of the molecule is O=C(CCCCC(=O)OC[C@H](OCc1ccccc1)C(OCc1ccccc1)C1O[C@H](c2ccccc2)OC[C@@H]1OCc1ccccc1)OCC1O[C@H](O[C@]2(CCl)O[C@H](CCl)C(O)C2O)C(O)[C@@H](O)[C@H]1Cl. The molecule has 0 spiro atoms. The Morgan fingerprint density at radius 1 is 0.676 bits per heavy atom. The minimum atomic E-state index is -2.05. The van der Waals surface area contributed by atoms with Crippen molar-refractivity contribution in [2.24, 2.45) is 0 Å². The van der Waals surface area contributed by atoms with E-state index in [9.17, 15) is 30.0 Å². The third-order valence-corrected chi connectivity index (χ3v) is 13.5. The van der Waals surface area contributed by atoms with Crippen molar-refractivity contribution < 1.29 is 77.4 Å². The second-order valence-corrected chi connectivity index (χ2v) is 18.5. The molecule has 386 valence electrons. The number of rotatable bonds is 25. The zero-order valence-corrected chi connectivity index (χ0v) is 41.1. The van der Waals surface area contributed by atoms with Crippen LogP contribution in [0.15, 0.2) is 121 Å². The molecular weight excluding hydrogens is 987 g/mol. The summed E-state index contributed by atoms with van der Waals surface area (Å²) in [6.07, 6.45) is -13.8. The molecule has 3 saturated heterocycles. The van der Waals surface area contributed by atoms with Crippen molar-refractivity contribution >= 4 is 46.7 Å². The van der Waals surface area contributed by atoms with Crippen LogP contribution in [-0.2, 0) is 76.8 Å². The first kappa shape index (κ1) is 55.0. The standard InChI is InChI=1S/C52H61Cl3O16/c53-25-37-44(58)49(61)52(32-54,70-37)71-51-46(60)45(59)43(55)38(68-51)29-64-41(56)23-13-14-24-42(57)65-30-39(62-26-33-15-5-1-6-16-33)47(66-28-35-19-9-3-10-20-35)48-40(63-27-34-17-7-2-8-18-34)31-67-50(69-48)36-21-11-4-12-22-36/h1-12,15-22,37-40,43-51,58-61H,13-14,23-32H2/t37-,38?,39+,40+,43+,44?,45+,46?,47?,48?,49?,50-,51-,52+/m1/s1. The summed E-state index contributed by atoms with van der Waals surface area (Å²) < 4.78 is 61.4. The van der Waals surface area contributed by atoms with Gasteiger partial charge in [-0.1, -0.05) is 121 Å². The molecular formula is C52H61Cl3O16. The Labute approximate surface area is 427 Å². The van der Waals surface area contributed by atoms with Gasteiger partial charge in [0.05, 0.1) is 43.6 Å². The smallest absolute Gasteiger partial charge is 0.305 e. The van der Waals surface area contributed by atoms with E-state index in [4.69, 9.17) is 82.2 Å². The van der Waals surface area contributed by atoms with Crippen molar-refractivity contribution in [1.82, 2.24) is 0 Å². The molecule has 16 nitrogen and oxygen atoms in total. The Bertz CT molecular complexity index is 2190. The van der Waals surface area contributed by atoms with Gasteiger partial charge in [0.25, 0.3) is 0 Å². The summed E-state index contributed by atoms with van der Waals surface area (Å²) in [6, 6.07) is 38.6. The number of carbonyl (C=O) groups is 2. The summed E-state index contributed by atoms with van der Waals surface area (Å²) in [5, 5.41) is 41.2. The number of aliphatic hydroxyl groups is 4. The lowest BCUT2D eigenvalue weighted by Gasteiger charge is -2.43. The van der Waals surface area contributed by atoms with Gasteiger partial charge in [0, 0.05) is 18.4 Å². The molecule has 14 atom stereocenters. The molecule has 71 heavy (non-hydrogen) atoms. The van der Waals surface area contributed by atoms with Crippen LogP contribution in [-0.4, -0.2) is 142 Å². The fourth-order valence-corrected chi connectivity index (χ4v) is 9.12. The zero-order chi connectivity index (χ0) is 50.2. The Hall–Kier alpha value is -3.79. The molecule has 4 aromatic rings. The van der Waals surface area contributed by atoms with E-state index >= 15 is 0 Å². The number of hydrogen-bond acceptors (Lipinski definition) is 16. The van der Waals surface area contributed by atoms with Crippen LogP contribution >= 0.6 is 34.8 Å². The number of halogens is 3. The maximum absolute atomic E-state index is 13.5. The van der Waals surface area contributed by atoms with E-state index in [2.05, 4.69) is 0 Å². The minimum Gasteiger partial charge on any atom is -0.463 e. The quantitative estimate of drug-likeness (QED) is 0.0348. The Morgan fingerprint density at radius 2 is 1.24 bits per heavy atom. The van der Waals surface area contributed by atoms with E-state index in [-0.39, 0.29) is 64.6 Å². The van der Waals surface area contributed by atoms with Crippen LogP contribution in [0.5, 0.6) is 0 Å². The second kappa shape index (κ2) is 27.5. The topological polar surface area (TPSA) is 207 Å². The van der Waals surface area contributed by atoms with Crippen molar-refractivity contribution in [2.45, 2.75) is 130 Å². The van der Waals surface area contributed by atoms with Crippen LogP contribution in [0.25, 0.3) is 0 Å². The summed E-state index contributed by atoms with van der Waals surface area (Å²) in [6.45, 7) is 0.165. The highest BCUT2D eigenvalue weighted by Gasteiger charge is 2.58. The highest BCUT2D eigenvalue weighted by atomic mass is 35.5. The van der Waals surface area contributed by atoms with Crippen LogP contribution in [0, 0.1) is 0 Å². The maximum Gasteiger partial charge on any atom is 0.305 e. The molecule has 3 aliphatic rings. The molecule has 0 radical (unpaired) electrons. The van der Waals surface area contributed by atoms with Gasteiger partial charge >= 0.3 is 11.9 Å². The number of benzene rings is 4. The minimum absolute atomic E-state index is 0.0327. The highest BCUT2D eigenvalue weighted by Crippen LogP contribution is 2.39. The second-order valence-electron chi connectivity index (χ2n) is 17.5. The van der Waals surface area contributed by atoms with E-state index in [0.717, 1.165) is 22.3 Å². The number of hydrogen-bond donors (Lipinski definition) is 4. The molecule has 6 unspecified atom stereocenters. The molecule has 0 bridgehead atoms. The molecule has 3 aliphatic heterocycles. The van der Waals surface area contributed by atoms with Crippen molar-refractivity contribution in [3.63, 3.8) is 0 Å². The third-order valence-electron chi connectivity index (χ3n) is 12.3. The third kappa shape index (κ3) is 15.2. The molecule has 4 aromatic carbocycles. The summed E-state index contributed by atoms with van der Waals surface area (Å²) >= 11 is 18.3. The number of alkyl halides is 3. The molecule has 0 amide bonds. The van der Waals surface area contributed by atoms with Gasteiger partial charge in [-0.2, -0.15) is 0 Å². The summed E-state index contributed by atoms with van der Waals surface area (Å²) in [7, 11) is 0. The van der Waals surface area contributed by atoms with Crippen LogP contribution in [0.2, 0.25) is 0 Å². The van der Waals surface area contributed by atoms with Gasteiger partial charge < -0.3 is 67.8 Å². The number of esters is 2. The number of carbonyl (C=O) groups excluding carboxylic acids is 2. The van der Waals surface area contributed by atoms with Crippen molar-refractivity contribution in [2.75, 3.05) is 31.6 Å². The van der Waals surface area contributed by atoms with Crippen LogP contribution in [0.4, 0.5) is 0 Å². The van der Waals surface area contributed by atoms with E-state index in [1.54, 1.807) is 0 Å². The average molecular weight is 1050 g/mol. The summed E-state index contributed by atoms with van der Waals surface area (Å²) in [5.74, 6) is -3.93. The van der Waals surface area contributed by atoms with Crippen LogP contribution in [0.3, 0.4) is 0 Å². The van der Waals surface area contributed by atoms with E-state index in [0.29, 0.717) is 0 Å². The monoisotopic (exact) mass is 1050 g/mol. The first-order chi connectivity index (χ1) is 34.5. The Kier molecular flexibility index (Phi) is 21.3. The van der Waals surface area contributed by atoms with E-state index < -0.39 is 109 Å². The van der Waals surface area contributed by atoms with Gasteiger partial charge in [-0.15, -0.1) is 34.8 Å². The number of unbranched alkanes of at least 4 members (excludes halogenated alkanes) is 1. The zero-order valence-electron chi connectivity index (χ0n) is 38.9. The van der Waals surface area contributed by atoms with Crippen molar-refractivity contribution in [1.29, 1.82) is 0 Å². The van der Waals surface area contributed by atoms with Gasteiger partial charge in [0.1, 0.15) is 74.3 Å². The summed E-state index contributed by atoms with van der Waals surface area (Å²) in [5.41, 5.74) is 3.56. The lowest BCUT2D eigenvalue weighted by Crippen LogP contribution is -2.61.